The lowest BCUT2D eigenvalue weighted by Crippen LogP contribution is -2.53. The topological polar surface area (TPSA) is 47.6 Å². The highest BCUT2D eigenvalue weighted by Crippen LogP contribution is 2.23. The van der Waals surface area contributed by atoms with Gasteiger partial charge in [-0.25, -0.2) is 15.2 Å². The van der Waals surface area contributed by atoms with E-state index in [1.807, 2.05) is 35.2 Å². The first kappa shape index (κ1) is 18.1. The maximum absolute atomic E-state index is 13.8. The minimum absolute atomic E-state index is 0.145. The fourth-order valence-corrected chi connectivity index (χ4v) is 3.84. The number of halogens is 1. The van der Waals surface area contributed by atoms with Crippen molar-refractivity contribution < 1.29 is 9.18 Å². The van der Waals surface area contributed by atoms with Crippen LogP contribution in [0, 0.1) is 5.82 Å². The van der Waals surface area contributed by atoms with Gasteiger partial charge in [0.15, 0.2) is 0 Å². The third kappa shape index (κ3) is 4.18. The second-order valence-corrected chi connectivity index (χ2v) is 7.23. The van der Waals surface area contributed by atoms with Crippen LogP contribution in [-0.2, 0) is 11.3 Å². The van der Waals surface area contributed by atoms with Crippen LogP contribution in [0.4, 0.5) is 4.39 Å². The normalized spacial score (nSPS) is 23.5. The van der Waals surface area contributed by atoms with Gasteiger partial charge < -0.3 is 4.90 Å². The van der Waals surface area contributed by atoms with Crippen LogP contribution in [0.5, 0.6) is 0 Å². The molecule has 0 spiro atoms. The van der Waals surface area contributed by atoms with Crippen LogP contribution in [0.3, 0.4) is 0 Å². The van der Waals surface area contributed by atoms with E-state index in [1.165, 1.54) is 11.6 Å². The number of carbonyl (C=O) groups excluding carboxylic acids is 1. The molecule has 0 aromatic heterocycles. The number of hydrazine groups is 1. The second-order valence-electron chi connectivity index (χ2n) is 7.23. The Kier molecular flexibility index (Phi) is 5.48. The molecule has 2 aliphatic heterocycles. The van der Waals surface area contributed by atoms with Crippen LogP contribution in [0.25, 0.3) is 0 Å². The summed E-state index contributed by atoms with van der Waals surface area (Å²) >= 11 is 0. The number of nitrogens with one attached hydrogen (secondary N) is 2. The molecule has 0 aliphatic carbocycles. The number of amides is 1. The van der Waals surface area contributed by atoms with Crippen molar-refractivity contribution in [3.8, 4) is 0 Å². The summed E-state index contributed by atoms with van der Waals surface area (Å²) in [7, 11) is 0. The average molecular weight is 368 g/mol. The number of hydrogen-bond donors (Lipinski definition) is 2. The first-order valence-corrected chi connectivity index (χ1v) is 9.51. The Morgan fingerprint density at radius 1 is 0.963 bits per heavy atom. The Hall–Kier alpha value is -2.28. The fraction of sp³-hybridized carbons (Fsp3) is 0.381. The van der Waals surface area contributed by atoms with Gasteiger partial charge >= 0.3 is 0 Å². The van der Waals surface area contributed by atoms with Crippen molar-refractivity contribution in [2.75, 3.05) is 26.2 Å². The van der Waals surface area contributed by atoms with Crippen LogP contribution in [0.2, 0.25) is 0 Å². The van der Waals surface area contributed by atoms with Gasteiger partial charge in [-0.3, -0.25) is 9.69 Å². The predicted octanol–water partition coefficient (Wildman–Crippen LogP) is 2.08. The average Bonchev–Trinajstić information content (AvgIpc) is 3.21. The molecule has 2 fully saturated rings. The predicted molar refractivity (Wildman–Crippen MR) is 102 cm³/mol. The van der Waals surface area contributed by atoms with Gasteiger partial charge in [0.05, 0.1) is 0 Å². The van der Waals surface area contributed by atoms with Gasteiger partial charge in [0.2, 0.25) is 5.91 Å². The molecule has 2 atom stereocenters. The van der Waals surface area contributed by atoms with Gasteiger partial charge in [-0.2, -0.15) is 0 Å². The Morgan fingerprint density at radius 3 is 2.41 bits per heavy atom. The zero-order valence-electron chi connectivity index (χ0n) is 15.3. The lowest BCUT2D eigenvalue weighted by molar-refractivity contribution is -0.135. The van der Waals surface area contributed by atoms with Crippen molar-refractivity contribution in [2.24, 2.45) is 0 Å². The van der Waals surface area contributed by atoms with Crippen molar-refractivity contribution in [3.63, 3.8) is 0 Å². The zero-order valence-corrected chi connectivity index (χ0v) is 15.3. The maximum Gasteiger partial charge on any atom is 0.241 e. The lowest BCUT2D eigenvalue weighted by Gasteiger charge is -2.35. The lowest BCUT2D eigenvalue weighted by atomic mass is 10.0. The third-order valence-electron chi connectivity index (χ3n) is 5.44. The van der Waals surface area contributed by atoms with E-state index in [9.17, 15) is 9.18 Å². The molecule has 2 N–H and O–H groups in total. The Labute approximate surface area is 159 Å². The molecule has 0 bridgehead atoms. The fourth-order valence-electron chi connectivity index (χ4n) is 3.84. The molecule has 1 amide bonds. The summed E-state index contributed by atoms with van der Waals surface area (Å²) in [5.41, 5.74) is 8.30. The van der Waals surface area contributed by atoms with Crippen molar-refractivity contribution in [3.05, 3.63) is 71.5 Å². The van der Waals surface area contributed by atoms with Gasteiger partial charge in [0.1, 0.15) is 11.9 Å². The number of carbonyl (C=O) groups is 1. The molecule has 6 heteroatoms. The highest BCUT2D eigenvalue weighted by Gasteiger charge is 2.34. The monoisotopic (exact) mass is 368 g/mol. The Balaban J connectivity index is 1.28. The van der Waals surface area contributed by atoms with E-state index in [2.05, 4.69) is 27.9 Å². The molecule has 4 rings (SSSR count). The quantitative estimate of drug-likeness (QED) is 0.868. The summed E-state index contributed by atoms with van der Waals surface area (Å²) < 4.78 is 13.8. The molecule has 0 radical (unpaired) electrons. The van der Waals surface area contributed by atoms with Crippen molar-refractivity contribution in [1.29, 1.82) is 0 Å². The minimum Gasteiger partial charge on any atom is -0.339 e. The summed E-state index contributed by atoms with van der Waals surface area (Å²) in [6.45, 7) is 3.49. The van der Waals surface area contributed by atoms with Crippen LogP contribution in [-0.4, -0.2) is 47.9 Å². The molecule has 2 heterocycles. The summed E-state index contributed by atoms with van der Waals surface area (Å²) in [6, 6.07) is 17.0. The van der Waals surface area contributed by atoms with E-state index in [0.717, 1.165) is 19.5 Å². The molecular formula is C21H25FN4O. The van der Waals surface area contributed by atoms with E-state index in [1.54, 1.807) is 6.07 Å². The van der Waals surface area contributed by atoms with Crippen LogP contribution in [0.1, 0.15) is 23.6 Å². The molecule has 2 unspecified atom stereocenters. The van der Waals surface area contributed by atoms with Gasteiger partial charge in [-0.15, -0.1) is 0 Å². The molecule has 0 saturated carbocycles. The smallest absolute Gasteiger partial charge is 0.241 e. The van der Waals surface area contributed by atoms with E-state index in [0.29, 0.717) is 25.2 Å². The summed E-state index contributed by atoms with van der Waals surface area (Å²) in [5.74, 6) is -0.0179. The Morgan fingerprint density at radius 2 is 1.67 bits per heavy atom. The van der Waals surface area contributed by atoms with Crippen LogP contribution in [0.15, 0.2) is 54.6 Å². The van der Waals surface area contributed by atoms with E-state index in [4.69, 9.17) is 0 Å². The zero-order chi connectivity index (χ0) is 18.6. The summed E-state index contributed by atoms with van der Waals surface area (Å²) in [5, 5.41) is 0. The van der Waals surface area contributed by atoms with E-state index in [-0.39, 0.29) is 23.8 Å². The van der Waals surface area contributed by atoms with Crippen LogP contribution >= 0.6 is 0 Å². The molecule has 142 valence electrons. The SMILES string of the molecule is O=C(C1CC(c2ccccc2)NN1)N1CCN(Cc2ccccc2F)CC1. The van der Waals surface area contributed by atoms with Crippen LogP contribution < -0.4 is 10.9 Å². The first-order valence-electron chi connectivity index (χ1n) is 9.51. The number of piperazine rings is 1. The number of nitrogens with zero attached hydrogens (tertiary/aromatic N) is 2. The molecule has 2 aromatic carbocycles. The first-order chi connectivity index (χ1) is 13.2. The summed E-state index contributed by atoms with van der Waals surface area (Å²) in [4.78, 5) is 17.0. The molecule has 2 aliphatic rings. The highest BCUT2D eigenvalue weighted by atomic mass is 19.1. The maximum atomic E-state index is 13.8. The molecule has 2 saturated heterocycles. The third-order valence-corrected chi connectivity index (χ3v) is 5.44. The molecule has 5 nitrogen and oxygen atoms in total. The number of rotatable bonds is 4. The van der Waals surface area contributed by atoms with Gasteiger partial charge in [0, 0.05) is 44.3 Å². The highest BCUT2D eigenvalue weighted by molar-refractivity contribution is 5.82. The summed E-state index contributed by atoms with van der Waals surface area (Å²) in [6.07, 6.45) is 0.748. The van der Waals surface area contributed by atoms with Gasteiger partial charge in [0.25, 0.3) is 0 Å². The largest absolute Gasteiger partial charge is 0.339 e. The number of hydrogen-bond acceptors (Lipinski definition) is 4. The van der Waals surface area contributed by atoms with Crippen molar-refractivity contribution in [1.82, 2.24) is 20.7 Å². The van der Waals surface area contributed by atoms with Crippen molar-refractivity contribution >= 4 is 5.91 Å². The van der Waals surface area contributed by atoms with E-state index < -0.39 is 0 Å². The molecular weight excluding hydrogens is 343 g/mol. The standard InChI is InChI=1S/C21H25FN4O/c22-18-9-5-4-8-17(18)15-25-10-12-26(13-11-25)21(27)20-14-19(23-24-20)16-6-2-1-3-7-16/h1-9,19-20,23-24H,10-15H2. The van der Waals surface area contributed by atoms with E-state index >= 15 is 0 Å². The van der Waals surface area contributed by atoms with Crippen molar-refractivity contribution in [2.45, 2.75) is 25.0 Å². The molecule has 2 aromatic rings. The molecule has 27 heavy (non-hydrogen) atoms. The minimum atomic E-state index is -0.201. The van der Waals surface area contributed by atoms with Gasteiger partial charge in [-0.1, -0.05) is 48.5 Å². The van der Waals surface area contributed by atoms with Gasteiger partial charge in [-0.05, 0) is 18.1 Å². The second kappa shape index (κ2) is 8.17. The Bertz CT molecular complexity index is 777. The number of benzene rings is 2.